The molecule has 0 aliphatic heterocycles. The van der Waals surface area contributed by atoms with E-state index in [-0.39, 0.29) is 11.7 Å². The normalized spacial score (nSPS) is 10.5. The fourth-order valence-electron chi connectivity index (χ4n) is 2.04. The minimum Gasteiger partial charge on any atom is -0.354 e. The third-order valence-electron chi connectivity index (χ3n) is 3.30. The lowest BCUT2D eigenvalue weighted by Gasteiger charge is -2.10. The molecule has 2 N–H and O–H groups in total. The predicted octanol–water partition coefficient (Wildman–Crippen LogP) is 3.31. The van der Waals surface area contributed by atoms with E-state index in [0.717, 1.165) is 6.54 Å². The lowest BCUT2D eigenvalue weighted by molar-refractivity contribution is 0.101. The van der Waals surface area contributed by atoms with Crippen LogP contribution < -0.4 is 10.6 Å². The van der Waals surface area contributed by atoms with E-state index in [4.69, 9.17) is 0 Å². The van der Waals surface area contributed by atoms with Crippen LogP contribution in [0.2, 0.25) is 0 Å². The van der Waals surface area contributed by atoms with Gasteiger partial charge in [0.25, 0.3) is 5.91 Å². The van der Waals surface area contributed by atoms with E-state index in [1.807, 2.05) is 6.92 Å². The first kappa shape index (κ1) is 17.6. The third-order valence-corrected chi connectivity index (χ3v) is 3.30. The molecule has 0 saturated heterocycles. The highest BCUT2D eigenvalue weighted by Gasteiger charge is 2.11. The van der Waals surface area contributed by atoms with Gasteiger partial charge in [0.05, 0.1) is 0 Å². The number of anilines is 2. The second-order valence-electron chi connectivity index (χ2n) is 6.08. The molecule has 0 bridgehead atoms. The van der Waals surface area contributed by atoms with Gasteiger partial charge in [0.1, 0.15) is 5.69 Å². The van der Waals surface area contributed by atoms with Crippen molar-refractivity contribution in [3.63, 3.8) is 0 Å². The summed E-state index contributed by atoms with van der Waals surface area (Å²) in [6.07, 6.45) is 0. The van der Waals surface area contributed by atoms with Gasteiger partial charge in [0.2, 0.25) is 5.95 Å². The maximum absolute atomic E-state index is 12.4. The van der Waals surface area contributed by atoms with Crippen LogP contribution in [0.25, 0.3) is 0 Å². The highest BCUT2D eigenvalue weighted by Crippen LogP contribution is 2.13. The van der Waals surface area contributed by atoms with E-state index in [0.29, 0.717) is 34.5 Å². The minimum atomic E-state index is -0.316. The van der Waals surface area contributed by atoms with Gasteiger partial charge in [0.15, 0.2) is 5.78 Å². The van der Waals surface area contributed by atoms with Crippen molar-refractivity contribution < 1.29 is 9.59 Å². The zero-order valence-corrected chi connectivity index (χ0v) is 14.4. The average Bonchev–Trinajstić information content (AvgIpc) is 2.53. The largest absolute Gasteiger partial charge is 0.354 e. The topological polar surface area (TPSA) is 84.0 Å². The summed E-state index contributed by atoms with van der Waals surface area (Å²) in [6.45, 7) is 8.23. The summed E-state index contributed by atoms with van der Waals surface area (Å²) in [6, 6.07) is 8.39. The number of hydrogen-bond acceptors (Lipinski definition) is 5. The van der Waals surface area contributed by atoms with Gasteiger partial charge >= 0.3 is 0 Å². The molecule has 2 aromatic rings. The Balaban J connectivity index is 2.12. The number of aryl methyl sites for hydroxylation is 1. The van der Waals surface area contributed by atoms with Crippen molar-refractivity contribution >= 4 is 23.3 Å². The standard InChI is InChI=1S/C18H22N4O2/c1-11(2)10-19-18-20-12(3)9-16(22-18)17(24)21-15-7-5-14(6-8-15)13(4)23/h5-9,11H,10H2,1-4H3,(H,21,24)(H,19,20,22). The maximum Gasteiger partial charge on any atom is 0.274 e. The van der Waals surface area contributed by atoms with Gasteiger partial charge in [-0.05, 0) is 50.1 Å². The first-order chi connectivity index (χ1) is 11.3. The number of benzene rings is 1. The van der Waals surface area contributed by atoms with Crippen LogP contribution in [0.4, 0.5) is 11.6 Å². The van der Waals surface area contributed by atoms with Crippen molar-refractivity contribution in [3.05, 3.63) is 47.3 Å². The SMILES string of the molecule is CC(=O)c1ccc(NC(=O)c2cc(C)nc(NCC(C)C)n2)cc1. The second kappa shape index (κ2) is 7.68. The van der Waals surface area contributed by atoms with Gasteiger partial charge in [0, 0.05) is 23.5 Å². The number of carbonyl (C=O) groups excluding carboxylic acids is 2. The smallest absolute Gasteiger partial charge is 0.274 e. The Morgan fingerprint density at radius 2 is 1.79 bits per heavy atom. The number of ketones is 1. The van der Waals surface area contributed by atoms with E-state index < -0.39 is 0 Å². The molecule has 126 valence electrons. The number of aromatic nitrogens is 2. The number of nitrogens with zero attached hydrogens (tertiary/aromatic N) is 2. The number of amides is 1. The fraction of sp³-hybridized carbons (Fsp3) is 0.333. The Labute approximate surface area is 141 Å². The monoisotopic (exact) mass is 326 g/mol. The lowest BCUT2D eigenvalue weighted by atomic mass is 10.1. The Bertz CT molecular complexity index is 739. The molecular formula is C18H22N4O2. The van der Waals surface area contributed by atoms with Crippen LogP contribution in [-0.4, -0.2) is 28.2 Å². The van der Waals surface area contributed by atoms with Gasteiger partial charge in [-0.3, -0.25) is 9.59 Å². The van der Waals surface area contributed by atoms with E-state index in [9.17, 15) is 9.59 Å². The van der Waals surface area contributed by atoms with E-state index in [1.54, 1.807) is 30.3 Å². The zero-order chi connectivity index (χ0) is 17.7. The molecule has 1 heterocycles. The Morgan fingerprint density at radius 3 is 2.38 bits per heavy atom. The van der Waals surface area contributed by atoms with Crippen LogP contribution in [0.15, 0.2) is 30.3 Å². The van der Waals surface area contributed by atoms with E-state index >= 15 is 0 Å². The van der Waals surface area contributed by atoms with E-state index in [2.05, 4.69) is 34.4 Å². The average molecular weight is 326 g/mol. The van der Waals surface area contributed by atoms with Crippen molar-refractivity contribution in [1.82, 2.24) is 9.97 Å². The highest BCUT2D eigenvalue weighted by atomic mass is 16.2. The van der Waals surface area contributed by atoms with Crippen molar-refractivity contribution in [2.45, 2.75) is 27.7 Å². The third kappa shape index (κ3) is 4.87. The molecule has 0 spiro atoms. The second-order valence-corrected chi connectivity index (χ2v) is 6.08. The Kier molecular flexibility index (Phi) is 5.63. The van der Waals surface area contributed by atoms with Crippen molar-refractivity contribution in [2.24, 2.45) is 5.92 Å². The van der Waals surface area contributed by atoms with Gasteiger partial charge in [-0.2, -0.15) is 0 Å². The molecule has 24 heavy (non-hydrogen) atoms. The molecule has 6 heteroatoms. The summed E-state index contributed by atoms with van der Waals surface area (Å²) in [4.78, 5) is 32.2. The van der Waals surface area contributed by atoms with Crippen LogP contribution in [-0.2, 0) is 0 Å². The van der Waals surface area contributed by atoms with Crippen molar-refractivity contribution in [2.75, 3.05) is 17.2 Å². The first-order valence-electron chi connectivity index (χ1n) is 7.87. The summed E-state index contributed by atoms with van der Waals surface area (Å²) >= 11 is 0. The summed E-state index contributed by atoms with van der Waals surface area (Å²) in [7, 11) is 0. The Morgan fingerprint density at radius 1 is 1.12 bits per heavy atom. The highest BCUT2D eigenvalue weighted by molar-refractivity contribution is 6.03. The predicted molar refractivity (Wildman–Crippen MR) is 94.5 cm³/mol. The lowest BCUT2D eigenvalue weighted by Crippen LogP contribution is -2.17. The number of carbonyl (C=O) groups is 2. The van der Waals surface area contributed by atoms with Gasteiger partial charge in [-0.25, -0.2) is 9.97 Å². The van der Waals surface area contributed by atoms with Gasteiger partial charge < -0.3 is 10.6 Å². The molecular weight excluding hydrogens is 304 g/mol. The molecule has 0 aliphatic carbocycles. The van der Waals surface area contributed by atoms with Crippen LogP contribution in [0.5, 0.6) is 0 Å². The quantitative estimate of drug-likeness (QED) is 0.796. The maximum atomic E-state index is 12.4. The van der Waals surface area contributed by atoms with Crippen molar-refractivity contribution in [1.29, 1.82) is 0 Å². The molecule has 0 fully saturated rings. The molecule has 0 unspecified atom stereocenters. The first-order valence-corrected chi connectivity index (χ1v) is 7.87. The summed E-state index contributed by atoms with van der Waals surface area (Å²) < 4.78 is 0. The molecule has 1 aromatic carbocycles. The number of hydrogen-bond donors (Lipinski definition) is 2. The van der Waals surface area contributed by atoms with Gasteiger partial charge in [-0.1, -0.05) is 13.8 Å². The Hall–Kier alpha value is -2.76. The molecule has 1 amide bonds. The minimum absolute atomic E-state index is 0.0137. The summed E-state index contributed by atoms with van der Waals surface area (Å²) in [5.74, 6) is 0.566. The zero-order valence-electron chi connectivity index (χ0n) is 14.4. The van der Waals surface area contributed by atoms with Crippen LogP contribution in [0.3, 0.4) is 0 Å². The molecule has 1 aromatic heterocycles. The number of rotatable bonds is 6. The fourth-order valence-corrected chi connectivity index (χ4v) is 2.04. The molecule has 0 saturated carbocycles. The molecule has 2 rings (SSSR count). The van der Waals surface area contributed by atoms with E-state index in [1.165, 1.54) is 6.92 Å². The van der Waals surface area contributed by atoms with Crippen LogP contribution in [0, 0.1) is 12.8 Å². The molecule has 0 aliphatic rings. The van der Waals surface area contributed by atoms with Crippen LogP contribution in [0.1, 0.15) is 47.3 Å². The number of Topliss-reactive ketones (excluding diaryl/α,β-unsaturated/α-hetero) is 1. The van der Waals surface area contributed by atoms with Crippen molar-refractivity contribution in [3.8, 4) is 0 Å². The summed E-state index contributed by atoms with van der Waals surface area (Å²) in [5, 5.41) is 5.90. The van der Waals surface area contributed by atoms with Gasteiger partial charge in [-0.15, -0.1) is 0 Å². The van der Waals surface area contributed by atoms with Crippen LogP contribution >= 0.6 is 0 Å². The number of nitrogens with one attached hydrogen (secondary N) is 2. The molecule has 0 atom stereocenters. The molecule has 0 radical (unpaired) electrons. The summed E-state index contributed by atoms with van der Waals surface area (Å²) in [5.41, 5.74) is 2.22. The molecule has 6 nitrogen and oxygen atoms in total.